The molecule has 2 bridgehead atoms. The van der Waals surface area contributed by atoms with Crippen LogP contribution in [0.4, 0.5) is 17.6 Å². The minimum absolute atomic E-state index is 0.0147. The average Bonchev–Trinajstić information content (AvgIpc) is 2.60. The zero-order valence-corrected chi connectivity index (χ0v) is 17.4. The molecule has 0 saturated heterocycles. The number of alkyl halides is 3. The Morgan fingerprint density at radius 1 is 1.23 bits per heavy atom. The number of halogens is 5. The molecule has 0 aromatic heterocycles. The molecule has 0 aliphatic heterocycles. The topological polar surface area (TPSA) is 79.8 Å². The molecule has 5 rings (SSSR count). The lowest BCUT2D eigenvalue weighted by Crippen LogP contribution is -2.83. The lowest BCUT2D eigenvalue weighted by Gasteiger charge is -2.70. The van der Waals surface area contributed by atoms with Gasteiger partial charge >= 0.3 is 6.68 Å². The van der Waals surface area contributed by atoms with Crippen LogP contribution in [0.3, 0.4) is 0 Å². The predicted octanol–water partition coefficient (Wildman–Crippen LogP) is 2.96. The fourth-order valence-corrected chi connectivity index (χ4v) is 4.48. The molecule has 0 spiro atoms. The van der Waals surface area contributed by atoms with E-state index < -0.39 is 12.5 Å². The minimum Gasteiger partial charge on any atom is -0.492 e. The normalized spacial score (nSPS) is 30.3. The Morgan fingerprint density at radius 2 is 1.87 bits per heavy atom. The number of aliphatic hydroxyl groups excluding tert-OH is 1. The molecule has 4 aliphatic rings. The summed E-state index contributed by atoms with van der Waals surface area (Å²) in [7, 11) is 0. The summed E-state index contributed by atoms with van der Waals surface area (Å²) in [6, 6.07) is 4.40. The molecule has 6 nitrogen and oxygen atoms in total. The van der Waals surface area contributed by atoms with Gasteiger partial charge in [-0.1, -0.05) is 11.6 Å². The smallest absolute Gasteiger partial charge is 0.379 e. The standard InChI is InChI=1S/C19H24ClFN2O4.CHF3/c20-15-2-1-13(7-16(15)21)26-4-3-22-18-9-19(10-18,11-18)23-17(25)8-27-14-5-12(24)6-14;2-1(3)4/h1-2,7,12,14,22,24H,3-6,8-11H2,(H,23,25);1H. The van der Waals surface area contributed by atoms with Crippen molar-refractivity contribution in [1.82, 2.24) is 10.6 Å². The number of aliphatic hydroxyl groups is 1. The lowest BCUT2D eigenvalue weighted by molar-refractivity contribution is -0.151. The summed E-state index contributed by atoms with van der Waals surface area (Å²) in [6.45, 7) is -2.52. The van der Waals surface area contributed by atoms with Gasteiger partial charge in [-0.15, -0.1) is 0 Å². The minimum atomic E-state index is -3.67. The number of rotatable bonds is 9. The molecule has 0 radical (unpaired) electrons. The SMILES string of the molecule is FC(F)F.O=C(COC1CC(O)C1)NC12CC(NCCOc3ccc(Cl)c(F)c3)(C1)C2. The Labute approximate surface area is 182 Å². The molecular formula is C20H25ClF4N2O4. The summed E-state index contributed by atoms with van der Waals surface area (Å²) in [5, 5.41) is 15.8. The second kappa shape index (κ2) is 9.89. The third-order valence-corrected chi connectivity index (χ3v) is 6.02. The van der Waals surface area contributed by atoms with E-state index in [-0.39, 0.29) is 40.8 Å². The average molecular weight is 469 g/mol. The summed E-state index contributed by atoms with van der Waals surface area (Å²) in [5.41, 5.74) is -0.00639. The fraction of sp³-hybridized carbons (Fsp3) is 0.650. The zero-order valence-electron chi connectivity index (χ0n) is 16.7. The molecule has 4 fully saturated rings. The molecule has 174 valence electrons. The number of benzene rings is 1. The van der Waals surface area contributed by atoms with Crippen molar-refractivity contribution >= 4 is 17.5 Å². The van der Waals surface area contributed by atoms with Crippen LogP contribution < -0.4 is 15.4 Å². The molecular weight excluding hydrogens is 444 g/mol. The number of ether oxygens (including phenoxy) is 2. The van der Waals surface area contributed by atoms with Crippen molar-refractivity contribution in [2.45, 2.75) is 62.1 Å². The second-order valence-electron chi connectivity index (χ2n) is 8.30. The van der Waals surface area contributed by atoms with Crippen LogP contribution in [0.5, 0.6) is 5.75 Å². The number of amides is 1. The molecule has 4 aliphatic carbocycles. The maximum atomic E-state index is 13.4. The van der Waals surface area contributed by atoms with E-state index in [0.29, 0.717) is 31.7 Å². The summed E-state index contributed by atoms with van der Waals surface area (Å²) in [5.74, 6) is -0.117. The molecule has 0 unspecified atom stereocenters. The van der Waals surface area contributed by atoms with Crippen LogP contribution >= 0.6 is 11.6 Å². The van der Waals surface area contributed by atoms with E-state index >= 15 is 0 Å². The van der Waals surface area contributed by atoms with Gasteiger partial charge < -0.3 is 25.2 Å². The van der Waals surface area contributed by atoms with Gasteiger partial charge in [-0.3, -0.25) is 4.79 Å². The van der Waals surface area contributed by atoms with Crippen LogP contribution in [0, 0.1) is 5.82 Å². The number of nitrogens with one attached hydrogen (secondary N) is 2. The summed E-state index contributed by atoms with van der Waals surface area (Å²) in [4.78, 5) is 12.0. The van der Waals surface area contributed by atoms with Crippen LogP contribution in [0.25, 0.3) is 0 Å². The van der Waals surface area contributed by atoms with Crippen molar-refractivity contribution in [3.05, 3.63) is 29.0 Å². The largest absolute Gasteiger partial charge is 0.492 e. The summed E-state index contributed by atoms with van der Waals surface area (Å²) >= 11 is 5.64. The van der Waals surface area contributed by atoms with Gasteiger partial charge in [-0.2, -0.15) is 13.2 Å². The highest BCUT2D eigenvalue weighted by atomic mass is 35.5. The second-order valence-corrected chi connectivity index (χ2v) is 8.70. The van der Waals surface area contributed by atoms with Gasteiger partial charge in [0, 0.05) is 23.7 Å². The third kappa shape index (κ3) is 6.44. The molecule has 4 saturated carbocycles. The van der Waals surface area contributed by atoms with Gasteiger partial charge in [0.15, 0.2) is 0 Å². The maximum absolute atomic E-state index is 13.4. The molecule has 31 heavy (non-hydrogen) atoms. The lowest BCUT2D eigenvalue weighted by atomic mass is 9.44. The maximum Gasteiger partial charge on any atom is 0.379 e. The molecule has 3 N–H and O–H groups in total. The highest BCUT2D eigenvalue weighted by Gasteiger charge is 2.68. The first-order chi connectivity index (χ1) is 14.6. The Morgan fingerprint density at radius 3 is 2.45 bits per heavy atom. The zero-order chi connectivity index (χ0) is 22.6. The van der Waals surface area contributed by atoms with E-state index in [1.165, 1.54) is 12.1 Å². The third-order valence-electron chi connectivity index (χ3n) is 5.72. The predicted molar refractivity (Wildman–Crippen MR) is 104 cm³/mol. The Bertz CT molecular complexity index is 757. The van der Waals surface area contributed by atoms with Gasteiger partial charge in [0.25, 0.3) is 0 Å². The van der Waals surface area contributed by atoms with E-state index in [2.05, 4.69) is 10.6 Å². The Kier molecular flexibility index (Phi) is 7.67. The first-order valence-electron chi connectivity index (χ1n) is 9.96. The van der Waals surface area contributed by atoms with Crippen molar-refractivity contribution in [3.63, 3.8) is 0 Å². The highest BCUT2D eigenvalue weighted by molar-refractivity contribution is 6.30. The number of hydrogen-bond donors (Lipinski definition) is 3. The van der Waals surface area contributed by atoms with Gasteiger partial charge in [-0.05, 0) is 44.2 Å². The van der Waals surface area contributed by atoms with Crippen LogP contribution in [0.1, 0.15) is 32.1 Å². The molecule has 1 amide bonds. The van der Waals surface area contributed by atoms with Gasteiger partial charge in [0.1, 0.15) is 24.8 Å². The summed E-state index contributed by atoms with van der Waals surface area (Å²) < 4.78 is 53.3. The molecule has 1 aromatic rings. The van der Waals surface area contributed by atoms with Gasteiger partial charge in [0.05, 0.1) is 17.2 Å². The van der Waals surface area contributed by atoms with E-state index in [0.717, 1.165) is 19.3 Å². The van der Waals surface area contributed by atoms with E-state index in [1.54, 1.807) is 6.07 Å². The van der Waals surface area contributed by atoms with Crippen LogP contribution in [0.15, 0.2) is 18.2 Å². The molecule has 0 atom stereocenters. The fourth-order valence-electron chi connectivity index (χ4n) is 4.36. The summed E-state index contributed by atoms with van der Waals surface area (Å²) in [6.07, 6.45) is 3.70. The van der Waals surface area contributed by atoms with Crippen LogP contribution in [0.2, 0.25) is 5.02 Å². The first kappa shape index (κ1) is 24.0. The number of carbonyl (C=O) groups excluding carboxylic acids is 1. The van der Waals surface area contributed by atoms with Crippen molar-refractivity contribution in [2.75, 3.05) is 19.8 Å². The molecule has 0 heterocycles. The van der Waals surface area contributed by atoms with Crippen molar-refractivity contribution in [2.24, 2.45) is 0 Å². The Hall–Kier alpha value is -1.62. The van der Waals surface area contributed by atoms with E-state index in [9.17, 15) is 27.5 Å². The van der Waals surface area contributed by atoms with Gasteiger partial charge in [-0.25, -0.2) is 4.39 Å². The van der Waals surface area contributed by atoms with Crippen molar-refractivity contribution in [3.8, 4) is 5.75 Å². The van der Waals surface area contributed by atoms with Gasteiger partial charge in [0.2, 0.25) is 5.91 Å². The monoisotopic (exact) mass is 468 g/mol. The first-order valence-corrected chi connectivity index (χ1v) is 10.3. The van der Waals surface area contributed by atoms with E-state index in [4.69, 9.17) is 21.1 Å². The van der Waals surface area contributed by atoms with Crippen molar-refractivity contribution < 1.29 is 36.9 Å². The number of carbonyl (C=O) groups is 1. The molecule has 11 heteroatoms. The Balaban J connectivity index is 0.000000628. The van der Waals surface area contributed by atoms with Crippen molar-refractivity contribution in [1.29, 1.82) is 0 Å². The van der Waals surface area contributed by atoms with Crippen LogP contribution in [-0.4, -0.2) is 60.7 Å². The number of hydrogen-bond acceptors (Lipinski definition) is 5. The van der Waals surface area contributed by atoms with E-state index in [1.807, 2.05) is 0 Å². The van der Waals surface area contributed by atoms with Crippen LogP contribution in [-0.2, 0) is 9.53 Å². The molecule has 1 aromatic carbocycles. The quantitative estimate of drug-likeness (QED) is 0.383. The highest BCUT2D eigenvalue weighted by Crippen LogP contribution is 2.60.